The normalized spacial score (nSPS) is 18.2. The first-order valence-electron chi connectivity index (χ1n) is 9.73. The topological polar surface area (TPSA) is 71.4 Å². The second-order valence-corrected chi connectivity index (χ2v) is 9.72. The number of sulfonamides is 1. The molecule has 1 unspecified atom stereocenters. The lowest BCUT2D eigenvalue weighted by molar-refractivity contribution is 0.0904. The largest absolute Gasteiger partial charge is 0.318 e. The van der Waals surface area contributed by atoms with Crippen LogP contribution < -0.4 is 4.72 Å². The number of hydrogen-bond donors (Lipinski definition) is 1. The molecule has 0 spiro atoms. The van der Waals surface area contributed by atoms with Crippen LogP contribution in [0.3, 0.4) is 0 Å². The lowest BCUT2D eigenvalue weighted by atomic mass is 10.1. The number of aryl methyl sites for hydroxylation is 2. The first-order valence-corrected chi connectivity index (χ1v) is 11.6. The van der Waals surface area contributed by atoms with E-state index in [1.54, 1.807) is 13.0 Å². The molecule has 1 atom stereocenters. The van der Waals surface area contributed by atoms with Crippen LogP contribution in [-0.4, -0.2) is 55.6 Å². The van der Waals surface area contributed by atoms with Crippen molar-refractivity contribution in [2.45, 2.75) is 39.7 Å². The zero-order valence-electron chi connectivity index (χ0n) is 17.3. The zero-order chi connectivity index (χ0) is 21.3. The van der Waals surface area contributed by atoms with Gasteiger partial charge in [0.05, 0.1) is 12.8 Å². The smallest absolute Gasteiger partial charge is 0.208 e. The van der Waals surface area contributed by atoms with Gasteiger partial charge in [0.2, 0.25) is 10.0 Å². The maximum atomic E-state index is 14.0. The first kappa shape index (κ1) is 21.7. The fraction of sp³-hybridized carbons (Fsp3) is 0.476. The number of likely N-dealkylation sites (tertiary alicyclic amines) is 1. The number of hydrogen-bond acceptors (Lipinski definition) is 4. The predicted molar refractivity (Wildman–Crippen MR) is 112 cm³/mol. The molecule has 1 saturated heterocycles. The van der Waals surface area contributed by atoms with E-state index in [1.165, 1.54) is 6.07 Å². The van der Waals surface area contributed by atoms with Crippen molar-refractivity contribution in [1.29, 1.82) is 0 Å². The number of nitrogens with one attached hydrogen (secondary N) is 1. The number of carbonyl (C=O) groups excluding carboxylic acids is 1. The molecular formula is C21H28FN3O3S. The van der Waals surface area contributed by atoms with E-state index in [-0.39, 0.29) is 24.2 Å². The van der Waals surface area contributed by atoms with Gasteiger partial charge in [0, 0.05) is 35.2 Å². The summed E-state index contributed by atoms with van der Waals surface area (Å²) in [6, 6.07) is 6.72. The minimum absolute atomic E-state index is 0.0167. The molecule has 158 valence electrons. The van der Waals surface area contributed by atoms with Crippen LogP contribution in [0.2, 0.25) is 0 Å². The molecule has 1 fully saturated rings. The molecule has 1 aromatic carbocycles. The summed E-state index contributed by atoms with van der Waals surface area (Å²) >= 11 is 0. The van der Waals surface area contributed by atoms with Crippen LogP contribution in [0.15, 0.2) is 24.3 Å². The number of benzene rings is 1. The van der Waals surface area contributed by atoms with Crippen LogP contribution in [0.1, 0.15) is 40.2 Å². The zero-order valence-corrected chi connectivity index (χ0v) is 18.1. The monoisotopic (exact) mass is 421 g/mol. The van der Waals surface area contributed by atoms with Crippen molar-refractivity contribution in [3.8, 4) is 5.69 Å². The fourth-order valence-electron chi connectivity index (χ4n) is 4.05. The van der Waals surface area contributed by atoms with Crippen molar-refractivity contribution in [3.63, 3.8) is 0 Å². The molecule has 0 bridgehead atoms. The highest BCUT2D eigenvalue weighted by Gasteiger charge is 2.25. The molecule has 2 heterocycles. The van der Waals surface area contributed by atoms with Gasteiger partial charge in [-0.1, -0.05) is 6.07 Å². The number of aromatic nitrogens is 1. The number of nitrogens with zero attached hydrogens (tertiary/aromatic N) is 2. The third-order valence-corrected chi connectivity index (χ3v) is 6.16. The van der Waals surface area contributed by atoms with Crippen molar-refractivity contribution >= 4 is 15.8 Å². The number of carbonyl (C=O) groups is 1. The number of piperidine rings is 1. The van der Waals surface area contributed by atoms with Gasteiger partial charge in [-0.15, -0.1) is 0 Å². The molecule has 3 rings (SSSR count). The minimum Gasteiger partial charge on any atom is -0.318 e. The molecule has 0 saturated carbocycles. The second kappa shape index (κ2) is 8.38. The summed E-state index contributed by atoms with van der Waals surface area (Å²) in [5, 5.41) is 0. The Hall–Kier alpha value is -2.03. The van der Waals surface area contributed by atoms with Crippen LogP contribution in [0.4, 0.5) is 4.39 Å². The van der Waals surface area contributed by atoms with Gasteiger partial charge < -0.3 is 4.57 Å². The van der Waals surface area contributed by atoms with Crippen molar-refractivity contribution in [3.05, 3.63) is 52.6 Å². The van der Waals surface area contributed by atoms with Gasteiger partial charge in [0.25, 0.3) is 0 Å². The van der Waals surface area contributed by atoms with Gasteiger partial charge in [0.15, 0.2) is 5.78 Å². The minimum atomic E-state index is -3.27. The maximum Gasteiger partial charge on any atom is 0.208 e. The molecule has 1 N–H and O–H groups in total. The quantitative estimate of drug-likeness (QED) is 0.728. The number of Topliss-reactive ketones (excluding diaryl/α,β-unsaturated/α-hetero) is 1. The third kappa shape index (κ3) is 5.12. The van der Waals surface area contributed by atoms with Crippen LogP contribution in [0.25, 0.3) is 5.69 Å². The summed E-state index contributed by atoms with van der Waals surface area (Å²) in [7, 11) is -3.27. The van der Waals surface area contributed by atoms with Crippen molar-refractivity contribution < 1.29 is 17.6 Å². The van der Waals surface area contributed by atoms with Gasteiger partial charge in [0.1, 0.15) is 5.82 Å². The Labute approximate surface area is 171 Å². The van der Waals surface area contributed by atoms with Gasteiger partial charge >= 0.3 is 0 Å². The number of halogens is 1. The summed E-state index contributed by atoms with van der Waals surface area (Å²) in [4.78, 5) is 15.0. The summed E-state index contributed by atoms with van der Waals surface area (Å²) in [5.74, 6) is -0.294. The van der Waals surface area contributed by atoms with E-state index < -0.39 is 10.0 Å². The summed E-state index contributed by atoms with van der Waals surface area (Å²) in [5.41, 5.74) is 3.53. The average Bonchev–Trinajstić information content (AvgIpc) is 2.91. The molecular weight excluding hydrogens is 393 g/mol. The highest BCUT2D eigenvalue weighted by Crippen LogP contribution is 2.23. The van der Waals surface area contributed by atoms with E-state index >= 15 is 0 Å². The van der Waals surface area contributed by atoms with Gasteiger partial charge in [-0.2, -0.15) is 0 Å². The average molecular weight is 422 g/mol. The highest BCUT2D eigenvalue weighted by molar-refractivity contribution is 7.88. The Morgan fingerprint density at radius 2 is 1.97 bits per heavy atom. The molecule has 2 aromatic rings. The molecule has 1 aromatic heterocycles. The van der Waals surface area contributed by atoms with Crippen LogP contribution >= 0.6 is 0 Å². The second-order valence-electron chi connectivity index (χ2n) is 7.94. The fourth-order valence-corrected chi connectivity index (χ4v) is 4.85. The molecule has 1 aliphatic rings. The molecule has 29 heavy (non-hydrogen) atoms. The summed E-state index contributed by atoms with van der Waals surface area (Å²) in [6.07, 6.45) is 2.76. The standard InChI is InChI=1S/C21H28FN3O3S/c1-14-7-8-18(11-20(14)22)25-15(2)10-19(16(25)3)21(26)13-24-9-5-6-17(12-24)23-29(4,27)28/h7-8,10-11,17,23H,5-6,9,12-13H2,1-4H3. The molecule has 1 aliphatic heterocycles. The van der Waals surface area contributed by atoms with E-state index in [1.807, 2.05) is 35.4 Å². The SMILES string of the molecule is Cc1ccc(-n2c(C)cc(C(=O)CN3CCCC(NS(C)(=O)=O)C3)c2C)cc1F. The van der Waals surface area contributed by atoms with Crippen molar-refractivity contribution in [1.82, 2.24) is 14.2 Å². The van der Waals surface area contributed by atoms with E-state index in [0.717, 1.165) is 37.0 Å². The maximum absolute atomic E-state index is 14.0. The molecule has 0 amide bonds. The Balaban J connectivity index is 1.77. The number of ketones is 1. The molecule has 0 radical (unpaired) electrons. The third-order valence-electron chi connectivity index (χ3n) is 5.40. The lowest BCUT2D eigenvalue weighted by Crippen LogP contribution is -2.48. The van der Waals surface area contributed by atoms with Gasteiger partial charge in [-0.05, 0) is 63.9 Å². The molecule has 0 aliphatic carbocycles. The predicted octanol–water partition coefficient (Wildman–Crippen LogP) is 2.74. The van der Waals surface area contributed by atoms with E-state index in [0.29, 0.717) is 23.4 Å². The van der Waals surface area contributed by atoms with Crippen LogP contribution in [0.5, 0.6) is 0 Å². The Morgan fingerprint density at radius 3 is 2.62 bits per heavy atom. The van der Waals surface area contributed by atoms with Crippen LogP contribution in [0, 0.1) is 26.6 Å². The summed E-state index contributed by atoms with van der Waals surface area (Å²) < 4.78 is 41.5. The van der Waals surface area contributed by atoms with E-state index in [2.05, 4.69) is 4.72 Å². The highest BCUT2D eigenvalue weighted by atomic mass is 32.2. The number of rotatable bonds is 6. The lowest BCUT2D eigenvalue weighted by Gasteiger charge is -2.32. The summed E-state index contributed by atoms with van der Waals surface area (Å²) in [6.45, 7) is 6.98. The van der Waals surface area contributed by atoms with Crippen molar-refractivity contribution in [2.75, 3.05) is 25.9 Å². The first-order chi connectivity index (χ1) is 13.5. The van der Waals surface area contributed by atoms with E-state index in [9.17, 15) is 17.6 Å². The van der Waals surface area contributed by atoms with Crippen molar-refractivity contribution in [2.24, 2.45) is 0 Å². The van der Waals surface area contributed by atoms with Gasteiger partial charge in [-0.25, -0.2) is 17.5 Å². The Kier molecular flexibility index (Phi) is 6.26. The Bertz CT molecular complexity index is 1030. The van der Waals surface area contributed by atoms with Gasteiger partial charge in [-0.3, -0.25) is 9.69 Å². The Morgan fingerprint density at radius 1 is 1.24 bits per heavy atom. The van der Waals surface area contributed by atoms with Crippen LogP contribution in [-0.2, 0) is 10.0 Å². The molecule has 6 nitrogen and oxygen atoms in total. The van der Waals surface area contributed by atoms with E-state index in [4.69, 9.17) is 0 Å². The molecule has 8 heteroatoms.